The molecule has 0 radical (unpaired) electrons. The zero-order chi connectivity index (χ0) is 24.6. The predicted molar refractivity (Wildman–Crippen MR) is 119 cm³/mol. The highest BCUT2D eigenvalue weighted by atomic mass is 19.4. The number of hydrogen-bond acceptors (Lipinski definition) is 7. The lowest BCUT2D eigenvalue weighted by Gasteiger charge is -2.15. The first-order valence-corrected chi connectivity index (χ1v) is 10.9. The number of hydrogen-bond donors (Lipinski definition) is 1. The van der Waals surface area contributed by atoms with Crippen LogP contribution in [0.3, 0.4) is 0 Å². The van der Waals surface area contributed by atoms with Crippen molar-refractivity contribution in [3.05, 3.63) is 65.4 Å². The second-order valence-corrected chi connectivity index (χ2v) is 8.22. The van der Waals surface area contributed by atoms with Gasteiger partial charge < -0.3 is 24.4 Å². The lowest BCUT2D eigenvalue weighted by Crippen LogP contribution is -2.18. The van der Waals surface area contributed by atoms with Gasteiger partial charge >= 0.3 is 6.18 Å². The van der Waals surface area contributed by atoms with Crippen molar-refractivity contribution in [1.29, 1.82) is 0 Å². The second kappa shape index (κ2) is 9.06. The smallest absolute Gasteiger partial charge is 0.423 e. The number of aromatic nitrogens is 2. The average Bonchev–Trinajstić information content (AvgIpc) is 3.42. The molecule has 2 aliphatic rings. The molecule has 1 fully saturated rings. The Morgan fingerprint density at radius 1 is 1.17 bits per heavy atom. The van der Waals surface area contributed by atoms with E-state index in [2.05, 4.69) is 15.3 Å². The summed E-state index contributed by atoms with van der Waals surface area (Å²) in [5, 5.41) is 2.87. The van der Waals surface area contributed by atoms with Crippen molar-refractivity contribution >= 4 is 17.5 Å². The fourth-order valence-electron chi connectivity index (χ4n) is 3.90. The Balaban J connectivity index is 1.39. The van der Waals surface area contributed by atoms with Crippen molar-refractivity contribution < 1.29 is 32.2 Å². The number of amides is 1. The van der Waals surface area contributed by atoms with Crippen LogP contribution in [0.15, 0.2) is 48.7 Å². The molecule has 35 heavy (non-hydrogen) atoms. The number of nitrogens with zero attached hydrogens (tertiary/aromatic N) is 3. The summed E-state index contributed by atoms with van der Waals surface area (Å²) in [4.78, 5) is 21.7. The van der Waals surface area contributed by atoms with Crippen LogP contribution in [0.25, 0.3) is 0 Å². The molecule has 1 atom stereocenters. The molecule has 8 nitrogen and oxygen atoms in total. The molecule has 3 aromatic rings. The molecule has 2 aliphatic heterocycles. The van der Waals surface area contributed by atoms with E-state index in [0.29, 0.717) is 43.0 Å². The lowest BCUT2D eigenvalue weighted by molar-refractivity contribution is -0.139. The zero-order valence-electron chi connectivity index (χ0n) is 18.6. The van der Waals surface area contributed by atoms with Crippen molar-refractivity contribution in [2.24, 2.45) is 0 Å². The highest BCUT2D eigenvalue weighted by molar-refractivity contribution is 6.00. The molecule has 0 aliphatic carbocycles. The van der Waals surface area contributed by atoms with Crippen molar-refractivity contribution in [2.75, 3.05) is 25.6 Å². The molecule has 2 aromatic carbocycles. The maximum Gasteiger partial charge on any atom is 0.423 e. The standard InChI is InChI=1S/C24H21F3N4O4/c1-31-12-14-3-2-4-19(20(14)22(31)32)35-21-18(24(25,26)27)11-28-23(30-21)29-15-5-7-16(8-6-15)34-17-9-10-33-13-17/h2-8,11,17H,9-10,12-13H2,1H3,(H,28,29,30). The normalized spacial score (nSPS) is 17.4. The van der Waals surface area contributed by atoms with Gasteiger partial charge in [-0.05, 0) is 35.9 Å². The van der Waals surface area contributed by atoms with E-state index in [1.807, 2.05) is 0 Å². The largest absolute Gasteiger partial charge is 0.488 e. The minimum absolute atomic E-state index is 0.00198. The van der Waals surface area contributed by atoms with E-state index in [1.165, 1.54) is 11.0 Å². The van der Waals surface area contributed by atoms with Crippen LogP contribution in [0.4, 0.5) is 24.8 Å². The van der Waals surface area contributed by atoms with Crippen molar-refractivity contribution in [2.45, 2.75) is 25.2 Å². The summed E-state index contributed by atoms with van der Waals surface area (Å²) >= 11 is 0. The summed E-state index contributed by atoms with van der Waals surface area (Å²) in [5.41, 5.74) is 0.284. The Morgan fingerprint density at radius 2 is 1.97 bits per heavy atom. The molecule has 1 aromatic heterocycles. The Hall–Kier alpha value is -3.86. The van der Waals surface area contributed by atoms with Crippen molar-refractivity contribution in [3.63, 3.8) is 0 Å². The van der Waals surface area contributed by atoms with Gasteiger partial charge in [0.05, 0.1) is 18.8 Å². The van der Waals surface area contributed by atoms with Gasteiger partial charge in [0.2, 0.25) is 11.8 Å². The molecule has 1 unspecified atom stereocenters. The summed E-state index contributed by atoms with van der Waals surface area (Å²) < 4.78 is 57.6. The summed E-state index contributed by atoms with van der Waals surface area (Å²) in [5.74, 6) is -0.475. The molecule has 0 saturated carbocycles. The first-order chi connectivity index (χ1) is 16.8. The Morgan fingerprint density at radius 3 is 2.69 bits per heavy atom. The number of carbonyl (C=O) groups is 1. The van der Waals surface area contributed by atoms with Gasteiger partial charge in [-0.25, -0.2) is 4.98 Å². The third-order valence-electron chi connectivity index (χ3n) is 5.65. The fourth-order valence-corrected chi connectivity index (χ4v) is 3.90. The summed E-state index contributed by atoms with van der Waals surface area (Å²) in [7, 11) is 1.61. The van der Waals surface area contributed by atoms with Gasteiger partial charge in [-0.15, -0.1) is 0 Å². The minimum atomic E-state index is -4.75. The third kappa shape index (κ3) is 4.85. The number of ether oxygens (including phenoxy) is 3. The van der Waals surface area contributed by atoms with E-state index in [4.69, 9.17) is 14.2 Å². The Kier molecular flexibility index (Phi) is 5.93. The van der Waals surface area contributed by atoms with Crippen LogP contribution in [0, 0.1) is 0 Å². The number of carbonyl (C=O) groups excluding carboxylic acids is 1. The van der Waals surface area contributed by atoms with E-state index in [9.17, 15) is 18.0 Å². The van der Waals surface area contributed by atoms with Crippen LogP contribution in [-0.2, 0) is 17.5 Å². The molecule has 1 N–H and O–H groups in total. The maximum atomic E-state index is 13.7. The van der Waals surface area contributed by atoms with Crippen LogP contribution in [0.5, 0.6) is 17.4 Å². The highest BCUT2D eigenvalue weighted by Crippen LogP contribution is 2.39. The molecule has 0 spiro atoms. The van der Waals surface area contributed by atoms with Gasteiger partial charge in [0.25, 0.3) is 5.91 Å². The van der Waals surface area contributed by atoms with Gasteiger partial charge in [-0.1, -0.05) is 12.1 Å². The van der Waals surface area contributed by atoms with Gasteiger partial charge in [0, 0.05) is 31.9 Å². The lowest BCUT2D eigenvalue weighted by atomic mass is 10.1. The van der Waals surface area contributed by atoms with Crippen LogP contribution >= 0.6 is 0 Å². The number of fused-ring (bicyclic) bond motifs is 1. The van der Waals surface area contributed by atoms with Gasteiger partial charge in [0.1, 0.15) is 23.2 Å². The average molecular weight is 486 g/mol. The van der Waals surface area contributed by atoms with Crippen LogP contribution < -0.4 is 14.8 Å². The zero-order valence-corrected chi connectivity index (χ0v) is 18.6. The first kappa shape index (κ1) is 22.9. The third-order valence-corrected chi connectivity index (χ3v) is 5.65. The quantitative estimate of drug-likeness (QED) is 0.537. The van der Waals surface area contributed by atoms with Gasteiger partial charge in [-0.3, -0.25) is 4.79 Å². The second-order valence-electron chi connectivity index (χ2n) is 8.22. The summed E-state index contributed by atoms with van der Waals surface area (Å²) in [6.07, 6.45) is -3.29. The molecule has 182 valence electrons. The fraction of sp³-hybridized carbons (Fsp3) is 0.292. The molecule has 3 heterocycles. The number of halogens is 3. The Labute approximate surface area is 198 Å². The molecular formula is C24H21F3N4O4. The van der Waals surface area contributed by atoms with Crippen LogP contribution in [0.2, 0.25) is 0 Å². The number of benzene rings is 2. The van der Waals surface area contributed by atoms with E-state index >= 15 is 0 Å². The number of alkyl halides is 3. The number of anilines is 2. The topological polar surface area (TPSA) is 85.8 Å². The summed E-state index contributed by atoms with van der Waals surface area (Å²) in [6, 6.07) is 11.7. The first-order valence-electron chi connectivity index (χ1n) is 10.9. The SMILES string of the molecule is CN1Cc2cccc(Oc3nc(Nc4ccc(OC5CCOC5)cc4)ncc3C(F)(F)F)c2C1=O. The van der Waals surface area contributed by atoms with Crippen LogP contribution in [-0.4, -0.2) is 47.1 Å². The number of rotatable bonds is 6. The minimum Gasteiger partial charge on any atom is -0.488 e. The highest BCUT2D eigenvalue weighted by Gasteiger charge is 2.37. The molecular weight excluding hydrogens is 465 g/mol. The molecule has 1 saturated heterocycles. The Bertz CT molecular complexity index is 1240. The van der Waals surface area contributed by atoms with Crippen molar-refractivity contribution in [1.82, 2.24) is 14.9 Å². The van der Waals surface area contributed by atoms with E-state index < -0.39 is 17.6 Å². The summed E-state index contributed by atoms with van der Waals surface area (Å²) in [6.45, 7) is 1.55. The van der Waals surface area contributed by atoms with Gasteiger partial charge in [0.15, 0.2) is 0 Å². The van der Waals surface area contributed by atoms with E-state index in [1.54, 1.807) is 43.4 Å². The van der Waals surface area contributed by atoms with Gasteiger partial charge in [-0.2, -0.15) is 18.2 Å². The molecule has 1 amide bonds. The van der Waals surface area contributed by atoms with Crippen LogP contribution in [0.1, 0.15) is 27.9 Å². The van der Waals surface area contributed by atoms with Crippen molar-refractivity contribution in [3.8, 4) is 17.4 Å². The molecule has 11 heteroatoms. The predicted octanol–water partition coefficient (Wildman–Crippen LogP) is 4.78. The molecule has 5 rings (SSSR count). The van der Waals surface area contributed by atoms with E-state index in [0.717, 1.165) is 6.42 Å². The number of nitrogens with one attached hydrogen (secondary N) is 1. The monoisotopic (exact) mass is 486 g/mol. The molecule has 0 bridgehead atoms. The van der Waals surface area contributed by atoms with E-state index in [-0.39, 0.29) is 29.3 Å². The maximum absolute atomic E-state index is 13.7.